The average Bonchev–Trinajstić information content (AvgIpc) is 3.21. The molecule has 2 aromatic carbocycles. The van der Waals surface area contributed by atoms with Gasteiger partial charge in [-0.3, -0.25) is 9.59 Å². The molecule has 0 atom stereocenters. The number of ketones is 1. The highest BCUT2D eigenvalue weighted by atomic mass is 16.5. The van der Waals surface area contributed by atoms with Crippen molar-refractivity contribution in [1.29, 1.82) is 0 Å². The van der Waals surface area contributed by atoms with Gasteiger partial charge in [0.2, 0.25) is 0 Å². The summed E-state index contributed by atoms with van der Waals surface area (Å²) in [5, 5.41) is 20.4. The van der Waals surface area contributed by atoms with Crippen LogP contribution in [0, 0.1) is 0 Å². The number of hydrogen-bond donors (Lipinski definition) is 2. The fourth-order valence-corrected chi connectivity index (χ4v) is 3.68. The van der Waals surface area contributed by atoms with Crippen LogP contribution in [0.5, 0.6) is 11.5 Å². The van der Waals surface area contributed by atoms with Crippen LogP contribution >= 0.6 is 0 Å². The lowest BCUT2D eigenvalue weighted by Gasteiger charge is -2.12. The van der Waals surface area contributed by atoms with Crippen LogP contribution in [0.2, 0.25) is 0 Å². The summed E-state index contributed by atoms with van der Waals surface area (Å²) in [5.74, 6) is -0.237. The normalized spacial score (nSPS) is 14.3. The summed E-state index contributed by atoms with van der Waals surface area (Å²) in [6, 6.07) is 9.80. The van der Waals surface area contributed by atoms with Crippen LogP contribution in [-0.4, -0.2) is 29.1 Å². The summed E-state index contributed by atoms with van der Waals surface area (Å²) < 4.78 is 4.61. The van der Waals surface area contributed by atoms with E-state index in [9.17, 15) is 19.8 Å². The fourth-order valence-electron chi connectivity index (χ4n) is 3.68. The molecule has 27 heavy (non-hydrogen) atoms. The number of methoxy groups -OCH3 is 1. The van der Waals surface area contributed by atoms with Crippen molar-refractivity contribution in [3.63, 3.8) is 0 Å². The molecule has 142 valence electrons. The summed E-state index contributed by atoms with van der Waals surface area (Å²) in [6.45, 7) is 0. The lowest BCUT2D eigenvalue weighted by Crippen LogP contribution is -2.05. The lowest BCUT2D eigenvalue weighted by molar-refractivity contribution is -0.140. The zero-order valence-corrected chi connectivity index (χ0v) is 15.4. The molecule has 1 fully saturated rings. The second kappa shape index (κ2) is 8.25. The van der Waals surface area contributed by atoms with Crippen molar-refractivity contribution in [2.24, 2.45) is 0 Å². The maximum absolute atomic E-state index is 12.8. The van der Waals surface area contributed by atoms with E-state index < -0.39 is 0 Å². The Morgan fingerprint density at radius 1 is 1.04 bits per heavy atom. The highest BCUT2D eigenvalue weighted by Gasteiger charge is 2.20. The number of carbonyl (C=O) groups excluding carboxylic acids is 2. The largest absolute Gasteiger partial charge is 0.508 e. The molecule has 2 aromatic rings. The van der Waals surface area contributed by atoms with Gasteiger partial charge in [0, 0.05) is 12.0 Å². The molecule has 1 aliphatic carbocycles. The Morgan fingerprint density at radius 2 is 1.78 bits per heavy atom. The number of aryl methyl sites for hydroxylation is 1. The Labute approximate surface area is 158 Å². The predicted octanol–water partition coefficient (Wildman–Crippen LogP) is 4.09. The molecule has 5 heteroatoms. The number of aromatic hydroxyl groups is 2. The van der Waals surface area contributed by atoms with E-state index in [1.165, 1.54) is 32.1 Å². The number of rotatable bonds is 6. The van der Waals surface area contributed by atoms with Gasteiger partial charge in [-0.2, -0.15) is 0 Å². The topological polar surface area (TPSA) is 83.8 Å². The van der Waals surface area contributed by atoms with E-state index in [-0.39, 0.29) is 41.7 Å². The highest BCUT2D eigenvalue weighted by molar-refractivity contribution is 6.10. The molecule has 0 bridgehead atoms. The molecule has 0 saturated heterocycles. The quantitative estimate of drug-likeness (QED) is 0.593. The molecule has 0 unspecified atom stereocenters. The minimum absolute atomic E-state index is 0.0198. The Hall–Kier alpha value is -2.82. The van der Waals surface area contributed by atoms with Gasteiger partial charge in [0.1, 0.15) is 11.5 Å². The van der Waals surface area contributed by atoms with E-state index in [2.05, 4.69) is 4.74 Å². The summed E-state index contributed by atoms with van der Waals surface area (Å²) in [6.07, 6.45) is 5.03. The van der Waals surface area contributed by atoms with Crippen molar-refractivity contribution in [2.45, 2.75) is 44.4 Å². The smallest absolute Gasteiger partial charge is 0.305 e. The molecule has 0 amide bonds. The van der Waals surface area contributed by atoms with Crippen molar-refractivity contribution in [3.8, 4) is 11.5 Å². The van der Waals surface area contributed by atoms with Crippen molar-refractivity contribution < 1.29 is 24.5 Å². The van der Waals surface area contributed by atoms with Crippen LogP contribution in [0.25, 0.3) is 0 Å². The lowest BCUT2D eigenvalue weighted by atomic mass is 9.93. The number of phenols is 2. The van der Waals surface area contributed by atoms with Crippen molar-refractivity contribution in [2.75, 3.05) is 7.11 Å². The third kappa shape index (κ3) is 4.30. The van der Waals surface area contributed by atoms with Gasteiger partial charge in [0.25, 0.3) is 0 Å². The van der Waals surface area contributed by atoms with Gasteiger partial charge < -0.3 is 14.9 Å². The van der Waals surface area contributed by atoms with Crippen molar-refractivity contribution in [3.05, 3.63) is 58.7 Å². The number of carbonyl (C=O) groups is 2. The van der Waals surface area contributed by atoms with E-state index in [4.69, 9.17) is 0 Å². The number of esters is 1. The van der Waals surface area contributed by atoms with Gasteiger partial charge in [-0.25, -0.2) is 0 Å². The summed E-state index contributed by atoms with van der Waals surface area (Å²) in [4.78, 5) is 24.1. The monoisotopic (exact) mass is 368 g/mol. The summed E-state index contributed by atoms with van der Waals surface area (Å²) in [5.41, 5.74) is 2.16. The zero-order chi connectivity index (χ0) is 19.4. The van der Waals surface area contributed by atoms with Gasteiger partial charge in [-0.1, -0.05) is 18.9 Å². The Balaban J connectivity index is 1.81. The van der Waals surface area contributed by atoms with Gasteiger partial charge in [-0.05, 0) is 66.6 Å². The first kappa shape index (κ1) is 19.0. The minimum Gasteiger partial charge on any atom is -0.508 e. The molecule has 0 aromatic heterocycles. The number of hydrogen-bond acceptors (Lipinski definition) is 5. The minimum atomic E-state index is -0.383. The van der Waals surface area contributed by atoms with Gasteiger partial charge in [-0.15, -0.1) is 0 Å². The standard InChI is InChI=1S/C22H24O5/c1-27-21(25)11-8-16-12-17(7-10-19(16)23)22(26)18-9-6-15(13-20(18)24)14-4-2-3-5-14/h6-7,9-10,12-14,23-24H,2-5,8,11H2,1H3. The Morgan fingerprint density at radius 3 is 2.44 bits per heavy atom. The van der Waals surface area contributed by atoms with E-state index in [1.54, 1.807) is 18.2 Å². The molecular formula is C22H24O5. The second-order valence-corrected chi connectivity index (χ2v) is 7.01. The van der Waals surface area contributed by atoms with Crippen molar-refractivity contribution >= 4 is 11.8 Å². The molecule has 0 radical (unpaired) electrons. The Bertz CT molecular complexity index is 850. The van der Waals surface area contributed by atoms with Crippen LogP contribution in [0.1, 0.15) is 65.1 Å². The van der Waals surface area contributed by atoms with E-state index in [1.807, 2.05) is 6.07 Å². The predicted molar refractivity (Wildman–Crippen MR) is 101 cm³/mol. The van der Waals surface area contributed by atoms with E-state index >= 15 is 0 Å². The summed E-state index contributed by atoms with van der Waals surface area (Å²) >= 11 is 0. The highest BCUT2D eigenvalue weighted by Crippen LogP contribution is 2.36. The fraction of sp³-hybridized carbons (Fsp3) is 0.364. The molecule has 1 aliphatic rings. The van der Waals surface area contributed by atoms with Crippen LogP contribution in [0.4, 0.5) is 0 Å². The third-order valence-corrected chi connectivity index (χ3v) is 5.26. The maximum Gasteiger partial charge on any atom is 0.305 e. The average molecular weight is 368 g/mol. The molecule has 3 rings (SSSR count). The first-order valence-electron chi connectivity index (χ1n) is 9.26. The third-order valence-electron chi connectivity index (χ3n) is 5.26. The molecule has 0 aliphatic heterocycles. The zero-order valence-electron chi connectivity index (χ0n) is 15.4. The van der Waals surface area contributed by atoms with E-state index in [0.717, 1.165) is 18.4 Å². The molecule has 0 heterocycles. The van der Waals surface area contributed by atoms with Crippen LogP contribution in [-0.2, 0) is 16.0 Å². The number of benzene rings is 2. The van der Waals surface area contributed by atoms with Crippen LogP contribution in [0.3, 0.4) is 0 Å². The molecule has 0 spiro atoms. The molecule has 5 nitrogen and oxygen atoms in total. The second-order valence-electron chi connectivity index (χ2n) is 7.01. The first-order valence-corrected chi connectivity index (χ1v) is 9.26. The molecule has 2 N–H and O–H groups in total. The van der Waals surface area contributed by atoms with Crippen LogP contribution in [0.15, 0.2) is 36.4 Å². The SMILES string of the molecule is COC(=O)CCc1cc(C(=O)c2ccc(C3CCCC3)cc2O)ccc1O. The maximum atomic E-state index is 12.8. The number of phenolic OH excluding ortho intramolecular Hbond substituents is 2. The van der Waals surface area contributed by atoms with Crippen LogP contribution < -0.4 is 0 Å². The Kier molecular flexibility index (Phi) is 5.79. The van der Waals surface area contributed by atoms with Gasteiger partial charge >= 0.3 is 5.97 Å². The summed E-state index contributed by atoms with van der Waals surface area (Å²) in [7, 11) is 1.31. The van der Waals surface area contributed by atoms with Crippen molar-refractivity contribution in [1.82, 2.24) is 0 Å². The molecule has 1 saturated carbocycles. The molecular weight excluding hydrogens is 344 g/mol. The first-order chi connectivity index (χ1) is 13.0. The van der Waals surface area contributed by atoms with E-state index in [0.29, 0.717) is 17.0 Å². The van der Waals surface area contributed by atoms with Gasteiger partial charge in [0.15, 0.2) is 5.78 Å². The number of ether oxygens (including phenoxy) is 1. The van der Waals surface area contributed by atoms with Gasteiger partial charge in [0.05, 0.1) is 12.7 Å².